The molecular weight excluding hydrogens is 240 g/mol. The van der Waals surface area contributed by atoms with Gasteiger partial charge in [-0.05, 0) is 32.2 Å². The summed E-state index contributed by atoms with van der Waals surface area (Å²) < 4.78 is 10.5. The Kier molecular flexibility index (Phi) is 8.62. The molecule has 0 spiro atoms. The third kappa shape index (κ3) is 6.21. The van der Waals surface area contributed by atoms with Crippen LogP contribution in [0.1, 0.15) is 33.1 Å². The molecule has 3 atom stereocenters. The molecule has 1 heterocycles. The summed E-state index contributed by atoms with van der Waals surface area (Å²) in [7, 11) is 3.54. The van der Waals surface area contributed by atoms with E-state index >= 15 is 0 Å². The Bertz CT molecular complexity index is 226. The molecule has 4 heteroatoms. The van der Waals surface area contributed by atoms with Gasteiger partial charge in [0.05, 0.1) is 13.2 Å². The minimum Gasteiger partial charge on any atom is -0.383 e. The minimum atomic E-state index is 0.448. The summed E-state index contributed by atoms with van der Waals surface area (Å²) in [6.45, 7) is 9.37. The van der Waals surface area contributed by atoms with E-state index in [0.717, 1.165) is 32.2 Å². The van der Waals surface area contributed by atoms with Gasteiger partial charge < -0.3 is 14.8 Å². The number of nitrogens with zero attached hydrogens (tertiary/aromatic N) is 1. The second-order valence-electron chi connectivity index (χ2n) is 5.74. The zero-order chi connectivity index (χ0) is 14.1. The van der Waals surface area contributed by atoms with Gasteiger partial charge in [-0.15, -0.1) is 0 Å². The second-order valence-corrected chi connectivity index (χ2v) is 5.74. The predicted octanol–water partition coefficient (Wildman–Crippen LogP) is 1.75. The van der Waals surface area contributed by atoms with Crippen molar-refractivity contribution in [2.75, 3.05) is 47.1 Å². The van der Waals surface area contributed by atoms with Gasteiger partial charge in [0.25, 0.3) is 0 Å². The fourth-order valence-electron chi connectivity index (χ4n) is 2.93. The highest BCUT2D eigenvalue weighted by atomic mass is 16.5. The predicted molar refractivity (Wildman–Crippen MR) is 79.6 cm³/mol. The second kappa shape index (κ2) is 9.70. The maximum absolute atomic E-state index is 5.29. The van der Waals surface area contributed by atoms with Crippen LogP contribution in [0.5, 0.6) is 0 Å². The molecule has 1 N–H and O–H groups in total. The van der Waals surface area contributed by atoms with Crippen molar-refractivity contribution in [3.63, 3.8) is 0 Å². The van der Waals surface area contributed by atoms with E-state index in [2.05, 4.69) is 24.1 Å². The maximum atomic E-state index is 5.29. The fourth-order valence-corrected chi connectivity index (χ4v) is 2.93. The molecule has 0 saturated carbocycles. The zero-order valence-electron chi connectivity index (χ0n) is 13.2. The van der Waals surface area contributed by atoms with Crippen LogP contribution in [0.25, 0.3) is 0 Å². The highest BCUT2D eigenvalue weighted by Crippen LogP contribution is 2.20. The van der Waals surface area contributed by atoms with Gasteiger partial charge in [0.15, 0.2) is 0 Å². The largest absolute Gasteiger partial charge is 0.383 e. The first-order valence-corrected chi connectivity index (χ1v) is 7.66. The average Bonchev–Trinajstić information content (AvgIpc) is 2.43. The van der Waals surface area contributed by atoms with E-state index in [1.54, 1.807) is 14.2 Å². The number of piperidine rings is 1. The Labute approximate surface area is 118 Å². The first-order valence-electron chi connectivity index (χ1n) is 7.66. The van der Waals surface area contributed by atoms with Crippen LogP contribution in [0.15, 0.2) is 0 Å². The molecule has 3 unspecified atom stereocenters. The Balaban J connectivity index is 2.45. The molecule has 1 fully saturated rings. The number of rotatable bonds is 9. The molecule has 1 aliphatic heterocycles. The summed E-state index contributed by atoms with van der Waals surface area (Å²) in [5.74, 6) is 0.897. The van der Waals surface area contributed by atoms with Gasteiger partial charge in [0.2, 0.25) is 0 Å². The van der Waals surface area contributed by atoms with Crippen molar-refractivity contribution in [2.45, 2.75) is 45.2 Å². The molecule has 19 heavy (non-hydrogen) atoms. The lowest BCUT2D eigenvalue weighted by molar-refractivity contribution is 0.0639. The summed E-state index contributed by atoms with van der Waals surface area (Å²) in [5, 5.41) is 3.66. The van der Waals surface area contributed by atoms with Gasteiger partial charge in [-0.3, -0.25) is 4.90 Å². The molecule has 1 aliphatic rings. The van der Waals surface area contributed by atoms with Crippen molar-refractivity contribution in [1.29, 1.82) is 0 Å². The Morgan fingerprint density at radius 1 is 1.32 bits per heavy atom. The molecule has 1 rings (SSSR count). The lowest BCUT2D eigenvalue weighted by atomic mass is 9.90. The van der Waals surface area contributed by atoms with E-state index in [1.165, 1.54) is 25.8 Å². The third-order valence-corrected chi connectivity index (χ3v) is 4.25. The number of methoxy groups -OCH3 is 2. The Morgan fingerprint density at radius 3 is 2.74 bits per heavy atom. The number of hydrogen-bond acceptors (Lipinski definition) is 4. The van der Waals surface area contributed by atoms with E-state index < -0.39 is 0 Å². The van der Waals surface area contributed by atoms with Crippen LogP contribution >= 0.6 is 0 Å². The number of ether oxygens (including phenoxy) is 2. The smallest absolute Gasteiger partial charge is 0.0615 e. The van der Waals surface area contributed by atoms with Gasteiger partial charge in [-0.1, -0.05) is 13.3 Å². The molecule has 0 radical (unpaired) electrons. The van der Waals surface area contributed by atoms with Gasteiger partial charge in [-0.25, -0.2) is 0 Å². The number of hydrogen-bond donors (Lipinski definition) is 1. The van der Waals surface area contributed by atoms with Gasteiger partial charge in [0.1, 0.15) is 0 Å². The van der Waals surface area contributed by atoms with Gasteiger partial charge >= 0.3 is 0 Å². The summed E-state index contributed by atoms with van der Waals surface area (Å²) in [6, 6.07) is 1.07. The highest BCUT2D eigenvalue weighted by Gasteiger charge is 2.24. The number of nitrogens with one attached hydrogen (secondary N) is 1. The summed E-state index contributed by atoms with van der Waals surface area (Å²) in [6.07, 6.45) is 3.95. The molecular formula is C15H32N2O2. The molecule has 1 saturated heterocycles. The van der Waals surface area contributed by atoms with Crippen molar-refractivity contribution in [2.24, 2.45) is 5.92 Å². The van der Waals surface area contributed by atoms with Crippen molar-refractivity contribution in [3.8, 4) is 0 Å². The normalized spacial score (nSPS) is 25.7. The summed E-state index contributed by atoms with van der Waals surface area (Å²) >= 11 is 0. The quantitative estimate of drug-likeness (QED) is 0.693. The van der Waals surface area contributed by atoms with E-state index in [4.69, 9.17) is 9.47 Å². The molecule has 0 amide bonds. The molecule has 0 aromatic carbocycles. The van der Waals surface area contributed by atoms with Crippen LogP contribution in [0.2, 0.25) is 0 Å². The van der Waals surface area contributed by atoms with Crippen LogP contribution in [0.3, 0.4) is 0 Å². The molecule has 0 aromatic heterocycles. The van der Waals surface area contributed by atoms with Crippen LogP contribution in [-0.2, 0) is 9.47 Å². The lowest BCUT2D eigenvalue weighted by Gasteiger charge is -2.36. The lowest BCUT2D eigenvalue weighted by Crippen LogP contribution is -2.50. The van der Waals surface area contributed by atoms with Crippen molar-refractivity contribution >= 4 is 0 Å². The first kappa shape index (κ1) is 16.9. The molecule has 0 bridgehead atoms. The molecule has 0 aromatic rings. The third-order valence-electron chi connectivity index (χ3n) is 4.25. The molecule has 4 nitrogen and oxygen atoms in total. The molecule has 114 valence electrons. The topological polar surface area (TPSA) is 33.7 Å². The van der Waals surface area contributed by atoms with Gasteiger partial charge in [-0.2, -0.15) is 0 Å². The van der Waals surface area contributed by atoms with Crippen molar-refractivity contribution in [1.82, 2.24) is 10.2 Å². The maximum Gasteiger partial charge on any atom is 0.0615 e. The highest BCUT2D eigenvalue weighted by molar-refractivity contribution is 4.82. The van der Waals surface area contributed by atoms with Gasteiger partial charge in [0, 0.05) is 39.4 Å². The summed E-state index contributed by atoms with van der Waals surface area (Å²) in [4.78, 5) is 2.49. The SMILES string of the molecule is CCC1CCNC(CN(CCOC)C(C)COC)C1. The van der Waals surface area contributed by atoms with Crippen LogP contribution in [-0.4, -0.2) is 64.1 Å². The summed E-state index contributed by atoms with van der Waals surface area (Å²) in [5.41, 5.74) is 0. The standard InChI is InChI=1S/C15H32N2O2/c1-5-14-6-7-16-15(10-14)11-17(8-9-18-3)13(2)12-19-4/h13-16H,5-12H2,1-4H3. The van der Waals surface area contributed by atoms with Crippen LogP contribution in [0.4, 0.5) is 0 Å². The Morgan fingerprint density at radius 2 is 2.11 bits per heavy atom. The molecule has 0 aliphatic carbocycles. The first-order chi connectivity index (χ1) is 9.21. The van der Waals surface area contributed by atoms with E-state index in [-0.39, 0.29) is 0 Å². The van der Waals surface area contributed by atoms with Crippen LogP contribution in [0, 0.1) is 5.92 Å². The zero-order valence-corrected chi connectivity index (χ0v) is 13.2. The monoisotopic (exact) mass is 272 g/mol. The Hall–Kier alpha value is -0.160. The average molecular weight is 272 g/mol. The van der Waals surface area contributed by atoms with Crippen molar-refractivity contribution < 1.29 is 9.47 Å². The fraction of sp³-hybridized carbons (Fsp3) is 1.00. The van der Waals surface area contributed by atoms with Crippen LogP contribution < -0.4 is 5.32 Å². The van der Waals surface area contributed by atoms with Crippen molar-refractivity contribution in [3.05, 3.63) is 0 Å². The minimum absolute atomic E-state index is 0.448. The van der Waals surface area contributed by atoms with E-state index in [0.29, 0.717) is 12.1 Å². The van der Waals surface area contributed by atoms with E-state index in [9.17, 15) is 0 Å². The van der Waals surface area contributed by atoms with E-state index in [1.807, 2.05) is 0 Å².